The van der Waals surface area contributed by atoms with Crippen LogP contribution in [0.4, 0.5) is 0 Å². The molecule has 1 fully saturated rings. The Morgan fingerprint density at radius 3 is 2.82 bits per heavy atom. The minimum absolute atomic E-state index is 0.376. The highest BCUT2D eigenvalue weighted by atomic mass is 32.1. The Hall–Kier alpha value is -0.940. The lowest BCUT2D eigenvalue weighted by molar-refractivity contribution is 0.0701. The molecule has 0 amide bonds. The molecule has 1 saturated carbocycles. The Kier molecular flexibility index (Phi) is 4.12. The highest BCUT2D eigenvalue weighted by Crippen LogP contribution is 2.19. The number of carboxylic acids is 1. The Morgan fingerprint density at radius 1 is 1.53 bits per heavy atom. The predicted molar refractivity (Wildman–Crippen MR) is 67.8 cm³/mol. The second-order valence-corrected chi connectivity index (χ2v) is 5.60. The van der Waals surface area contributed by atoms with Crippen LogP contribution in [0.5, 0.6) is 0 Å². The fourth-order valence-corrected chi connectivity index (χ4v) is 3.17. The molecule has 0 bridgehead atoms. The number of aryl methyl sites for hydroxylation is 1. The molecule has 1 aromatic rings. The average molecular weight is 254 g/mol. The number of carbonyl (C=O) groups is 1. The molecule has 1 heterocycles. The molecule has 2 rings (SSSR count). The van der Waals surface area contributed by atoms with E-state index in [4.69, 9.17) is 5.11 Å². The maximum Gasteiger partial charge on any atom is 0.347 e. The lowest BCUT2D eigenvalue weighted by atomic mass is 10.2. The second-order valence-electron chi connectivity index (χ2n) is 4.51. The fourth-order valence-electron chi connectivity index (χ4n) is 2.27. The van der Waals surface area contributed by atoms with Crippen LogP contribution in [0.25, 0.3) is 0 Å². The summed E-state index contributed by atoms with van der Waals surface area (Å²) >= 11 is 1.30. The van der Waals surface area contributed by atoms with E-state index in [-0.39, 0.29) is 0 Å². The number of aromatic nitrogens is 1. The van der Waals surface area contributed by atoms with Crippen molar-refractivity contribution < 1.29 is 9.90 Å². The van der Waals surface area contributed by atoms with E-state index in [0.29, 0.717) is 16.6 Å². The van der Waals surface area contributed by atoms with Gasteiger partial charge in [-0.25, -0.2) is 9.78 Å². The number of hydrogen-bond donors (Lipinski definition) is 2. The summed E-state index contributed by atoms with van der Waals surface area (Å²) < 4.78 is 0. The summed E-state index contributed by atoms with van der Waals surface area (Å²) in [6.07, 6.45) is 6.04. The average Bonchev–Trinajstić information content (AvgIpc) is 2.88. The molecule has 94 valence electrons. The molecule has 1 aliphatic rings. The van der Waals surface area contributed by atoms with Crippen molar-refractivity contribution in [3.05, 3.63) is 15.6 Å². The molecule has 0 aromatic carbocycles. The topological polar surface area (TPSA) is 62.2 Å². The number of carboxylic acid groups (broad SMARTS) is 1. The first-order valence-electron chi connectivity index (χ1n) is 6.10. The van der Waals surface area contributed by atoms with Gasteiger partial charge in [0.1, 0.15) is 4.88 Å². The third kappa shape index (κ3) is 3.26. The molecule has 2 N–H and O–H groups in total. The van der Waals surface area contributed by atoms with E-state index in [0.717, 1.165) is 18.0 Å². The van der Waals surface area contributed by atoms with E-state index in [2.05, 4.69) is 10.3 Å². The smallest absolute Gasteiger partial charge is 0.347 e. The Bertz CT molecular complexity index is 397. The third-order valence-electron chi connectivity index (χ3n) is 3.16. The van der Waals surface area contributed by atoms with Gasteiger partial charge >= 0.3 is 5.97 Å². The van der Waals surface area contributed by atoms with Gasteiger partial charge in [-0.3, -0.25) is 0 Å². The molecule has 5 heteroatoms. The van der Waals surface area contributed by atoms with Gasteiger partial charge in [0.05, 0.1) is 10.7 Å². The summed E-state index contributed by atoms with van der Waals surface area (Å²) in [6.45, 7) is 2.66. The Labute approximate surface area is 105 Å². The number of aromatic carboxylic acids is 1. The van der Waals surface area contributed by atoms with Gasteiger partial charge in [0.15, 0.2) is 0 Å². The lowest BCUT2D eigenvalue weighted by Crippen LogP contribution is -2.27. The summed E-state index contributed by atoms with van der Waals surface area (Å²) in [6, 6.07) is 0.662. The zero-order valence-corrected chi connectivity index (χ0v) is 10.8. The molecule has 1 aromatic heterocycles. The minimum atomic E-state index is -0.866. The highest BCUT2D eigenvalue weighted by Gasteiger charge is 2.16. The first-order valence-corrected chi connectivity index (χ1v) is 6.91. The van der Waals surface area contributed by atoms with Crippen LogP contribution in [-0.2, 0) is 6.42 Å². The largest absolute Gasteiger partial charge is 0.477 e. The van der Waals surface area contributed by atoms with Crippen LogP contribution in [0.15, 0.2) is 0 Å². The maximum absolute atomic E-state index is 10.9. The number of nitrogens with one attached hydrogen (secondary N) is 1. The molecule has 0 aliphatic heterocycles. The van der Waals surface area contributed by atoms with Crippen LogP contribution in [0, 0.1) is 6.92 Å². The molecular formula is C12H18N2O2S. The first-order chi connectivity index (χ1) is 8.16. The van der Waals surface area contributed by atoms with E-state index in [1.807, 2.05) is 0 Å². The van der Waals surface area contributed by atoms with Crippen molar-refractivity contribution in [3.63, 3.8) is 0 Å². The van der Waals surface area contributed by atoms with Gasteiger partial charge in [-0.2, -0.15) is 0 Å². The monoisotopic (exact) mass is 254 g/mol. The SMILES string of the molecule is Cc1nc(CCNC2CCCC2)sc1C(=O)O. The van der Waals surface area contributed by atoms with Gasteiger partial charge in [-0.05, 0) is 19.8 Å². The normalized spacial score (nSPS) is 16.5. The van der Waals surface area contributed by atoms with E-state index in [9.17, 15) is 4.79 Å². The molecule has 0 radical (unpaired) electrons. The van der Waals surface area contributed by atoms with E-state index < -0.39 is 5.97 Å². The van der Waals surface area contributed by atoms with Gasteiger partial charge in [-0.1, -0.05) is 12.8 Å². The molecule has 17 heavy (non-hydrogen) atoms. The molecule has 0 atom stereocenters. The predicted octanol–water partition coefficient (Wildman–Crippen LogP) is 2.22. The zero-order chi connectivity index (χ0) is 12.3. The molecule has 0 spiro atoms. The van der Waals surface area contributed by atoms with Crippen LogP contribution in [0.1, 0.15) is 46.1 Å². The molecular weight excluding hydrogens is 236 g/mol. The summed E-state index contributed by atoms with van der Waals surface area (Å²) in [5.41, 5.74) is 0.637. The van der Waals surface area contributed by atoms with E-state index in [1.165, 1.54) is 37.0 Å². The summed E-state index contributed by atoms with van der Waals surface area (Å²) in [7, 11) is 0. The molecule has 4 nitrogen and oxygen atoms in total. The van der Waals surface area contributed by atoms with Crippen molar-refractivity contribution in [1.82, 2.24) is 10.3 Å². The number of hydrogen-bond acceptors (Lipinski definition) is 4. The van der Waals surface area contributed by atoms with Gasteiger partial charge < -0.3 is 10.4 Å². The summed E-state index contributed by atoms with van der Waals surface area (Å²) in [5, 5.41) is 13.4. The summed E-state index contributed by atoms with van der Waals surface area (Å²) in [4.78, 5) is 15.5. The Balaban J connectivity index is 1.82. The number of thiazole rings is 1. The standard InChI is InChI=1S/C12H18N2O2S/c1-8-11(12(15)16)17-10(14-8)6-7-13-9-4-2-3-5-9/h9,13H,2-7H2,1H3,(H,15,16). The lowest BCUT2D eigenvalue weighted by Gasteiger charge is -2.10. The van der Waals surface area contributed by atoms with E-state index in [1.54, 1.807) is 6.92 Å². The van der Waals surface area contributed by atoms with Crippen LogP contribution < -0.4 is 5.32 Å². The van der Waals surface area contributed by atoms with Gasteiger partial charge in [0.2, 0.25) is 0 Å². The van der Waals surface area contributed by atoms with E-state index >= 15 is 0 Å². The first kappa shape index (κ1) is 12.5. The van der Waals surface area contributed by atoms with Crippen LogP contribution >= 0.6 is 11.3 Å². The summed E-state index contributed by atoms with van der Waals surface area (Å²) in [5.74, 6) is -0.866. The van der Waals surface area contributed by atoms with Crippen molar-refractivity contribution in [3.8, 4) is 0 Å². The van der Waals surface area contributed by atoms with Gasteiger partial charge in [0, 0.05) is 19.0 Å². The highest BCUT2D eigenvalue weighted by molar-refractivity contribution is 7.13. The van der Waals surface area contributed by atoms with Crippen molar-refractivity contribution in [2.45, 2.75) is 45.1 Å². The second kappa shape index (κ2) is 5.60. The van der Waals surface area contributed by atoms with Gasteiger partial charge in [-0.15, -0.1) is 11.3 Å². The van der Waals surface area contributed by atoms with Crippen molar-refractivity contribution in [2.75, 3.05) is 6.54 Å². The number of nitrogens with zero attached hydrogens (tertiary/aromatic N) is 1. The Morgan fingerprint density at radius 2 is 2.24 bits per heavy atom. The molecule has 1 aliphatic carbocycles. The van der Waals surface area contributed by atoms with Crippen molar-refractivity contribution in [1.29, 1.82) is 0 Å². The van der Waals surface area contributed by atoms with Crippen LogP contribution in [0.3, 0.4) is 0 Å². The quantitative estimate of drug-likeness (QED) is 0.845. The van der Waals surface area contributed by atoms with Crippen LogP contribution in [0.2, 0.25) is 0 Å². The van der Waals surface area contributed by atoms with Gasteiger partial charge in [0.25, 0.3) is 0 Å². The third-order valence-corrected chi connectivity index (χ3v) is 4.37. The minimum Gasteiger partial charge on any atom is -0.477 e. The van der Waals surface area contributed by atoms with Crippen molar-refractivity contribution >= 4 is 17.3 Å². The maximum atomic E-state index is 10.9. The fraction of sp³-hybridized carbons (Fsp3) is 0.667. The molecule has 0 saturated heterocycles. The zero-order valence-electron chi connectivity index (χ0n) is 10.0. The van der Waals surface area contributed by atoms with Crippen LogP contribution in [-0.4, -0.2) is 28.6 Å². The molecule has 0 unspecified atom stereocenters. The number of rotatable bonds is 5. The van der Waals surface area contributed by atoms with Crippen molar-refractivity contribution in [2.24, 2.45) is 0 Å².